The van der Waals surface area contributed by atoms with E-state index in [1.54, 1.807) is 18.3 Å². The van der Waals surface area contributed by atoms with Crippen LogP contribution in [0.2, 0.25) is 0 Å². The second kappa shape index (κ2) is 15.4. The van der Waals surface area contributed by atoms with Gasteiger partial charge in [0.1, 0.15) is 29.6 Å². The van der Waals surface area contributed by atoms with Crippen LogP contribution in [-0.2, 0) is 43.2 Å². The van der Waals surface area contributed by atoms with Crippen LogP contribution in [0, 0.1) is 0 Å². The van der Waals surface area contributed by atoms with Gasteiger partial charge in [-0.3, -0.25) is 19.2 Å². The molecule has 0 spiro atoms. The first-order valence-electron chi connectivity index (χ1n) is 14.6. The minimum absolute atomic E-state index is 0.0143. The van der Waals surface area contributed by atoms with Gasteiger partial charge in [-0.25, -0.2) is 4.79 Å². The van der Waals surface area contributed by atoms with Crippen LogP contribution in [0.15, 0.2) is 79.0 Å². The van der Waals surface area contributed by atoms with Crippen LogP contribution in [0.5, 0.6) is 11.5 Å². The Labute approximate surface area is 268 Å². The molecule has 0 saturated heterocycles. The van der Waals surface area contributed by atoms with Gasteiger partial charge in [-0.1, -0.05) is 42.5 Å². The van der Waals surface area contributed by atoms with Gasteiger partial charge >= 0.3 is 11.9 Å². The summed E-state index contributed by atoms with van der Waals surface area (Å²) in [7, 11) is 0. The minimum Gasteiger partial charge on any atom is -0.508 e. The molecule has 0 aliphatic carbocycles. The van der Waals surface area contributed by atoms with Crippen LogP contribution >= 0.6 is 0 Å². The van der Waals surface area contributed by atoms with Gasteiger partial charge < -0.3 is 47.1 Å². The highest BCUT2D eigenvalue weighted by Crippen LogP contribution is 2.19. The van der Waals surface area contributed by atoms with E-state index in [2.05, 4.69) is 20.9 Å². The first kappa shape index (κ1) is 34.0. The summed E-state index contributed by atoms with van der Waals surface area (Å²) in [6, 6.07) is 13.6. The average Bonchev–Trinajstić information content (AvgIpc) is 3.44. The Balaban J connectivity index is 1.57. The van der Waals surface area contributed by atoms with Gasteiger partial charge in [-0.15, -0.1) is 0 Å². The van der Waals surface area contributed by atoms with Crippen molar-refractivity contribution < 1.29 is 44.4 Å². The lowest BCUT2D eigenvalue weighted by molar-refractivity contribution is -0.147. The lowest BCUT2D eigenvalue weighted by Crippen LogP contribution is -2.58. The summed E-state index contributed by atoms with van der Waals surface area (Å²) in [5, 5.41) is 46.2. The fraction of sp³-hybridized carbons (Fsp3) is 0.242. The van der Waals surface area contributed by atoms with Crippen molar-refractivity contribution in [1.82, 2.24) is 20.9 Å². The van der Waals surface area contributed by atoms with Crippen molar-refractivity contribution in [2.24, 2.45) is 5.73 Å². The highest BCUT2D eigenvalue weighted by molar-refractivity contribution is 5.95. The first-order chi connectivity index (χ1) is 22.4. The van der Waals surface area contributed by atoms with Gasteiger partial charge in [0.05, 0.1) is 12.5 Å². The second-order valence-electron chi connectivity index (χ2n) is 11.0. The zero-order chi connectivity index (χ0) is 34.1. The number of fused-ring (bicyclic) bond motifs is 1. The van der Waals surface area contributed by atoms with E-state index in [9.17, 15) is 39.3 Å². The highest BCUT2D eigenvalue weighted by Gasteiger charge is 2.31. The Morgan fingerprint density at radius 2 is 1.15 bits per heavy atom. The second-order valence-corrected chi connectivity index (χ2v) is 11.0. The smallest absolute Gasteiger partial charge is 0.326 e. The number of hydrogen-bond acceptors (Lipinski definition) is 8. The number of phenols is 2. The number of aliphatic carboxylic acids is 2. The molecule has 4 atom stereocenters. The summed E-state index contributed by atoms with van der Waals surface area (Å²) in [6.07, 6.45) is 0.753. The van der Waals surface area contributed by atoms with Crippen molar-refractivity contribution in [2.75, 3.05) is 0 Å². The van der Waals surface area contributed by atoms with Gasteiger partial charge in [0, 0.05) is 29.9 Å². The van der Waals surface area contributed by atoms with E-state index < -0.39 is 60.2 Å². The topological polar surface area (TPSA) is 244 Å². The number of nitrogens with two attached hydrogens (primary N) is 1. The summed E-state index contributed by atoms with van der Waals surface area (Å²) in [4.78, 5) is 66.4. The van der Waals surface area contributed by atoms with E-state index in [1.165, 1.54) is 36.4 Å². The Kier molecular flexibility index (Phi) is 11.1. The van der Waals surface area contributed by atoms with Crippen molar-refractivity contribution in [1.29, 1.82) is 0 Å². The van der Waals surface area contributed by atoms with Gasteiger partial charge in [-0.05, 0) is 53.4 Å². The largest absolute Gasteiger partial charge is 0.508 e. The number of carboxylic acid groups (broad SMARTS) is 2. The Bertz CT molecular complexity index is 1740. The molecule has 0 fully saturated rings. The van der Waals surface area contributed by atoms with E-state index in [-0.39, 0.29) is 30.8 Å². The number of amides is 3. The van der Waals surface area contributed by atoms with E-state index in [0.717, 1.165) is 16.5 Å². The Morgan fingerprint density at radius 1 is 0.660 bits per heavy atom. The molecule has 0 bridgehead atoms. The van der Waals surface area contributed by atoms with E-state index >= 15 is 0 Å². The third-order valence-corrected chi connectivity index (χ3v) is 7.46. The first-order valence-corrected chi connectivity index (χ1v) is 14.6. The molecule has 1 aromatic heterocycles. The lowest BCUT2D eigenvalue weighted by Gasteiger charge is -2.25. The average molecular weight is 646 g/mol. The molecule has 4 aromatic rings. The number of benzene rings is 3. The fourth-order valence-corrected chi connectivity index (χ4v) is 4.98. The summed E-state index contributed by atoms with van der Waals surface area (Å²) in [5.41, 5.74) is 8.97. The number of aromatic amines is 1. The monoisotopic (exact) mass is 645 g/mol. The normalized spacial score (nSPS) is 13.6. The summed E-state index contributed by atoms with van der Waals surface area (Å²) in [6.45, 7) is 0. The van der Waals surface area contributed by atoms with Crippen LogP contribution in [0.4, 0.5) is 0 Å². The number of phenolic OH excluding ortho intramolecular Hbond substituents is 2. The predicted octanol–water partition coefficient (Wildman–Crippen LogP) is 0.948. The van der Waals surface area contributed by atoms with E-state index in [0.29, 0.717) is 11.1 Å². The van der Waals surface area contributed by atoms with Gasteiger partial charge in [-0.2, -0.15) is 0 Å². The number of aromatic hydroxyl groups is 2. The SMILES string of the molecule is NC(Cc1c[nH]c2ccccc12)C(=O)NC(Cc1ccc(O)cc1)C(=O)NC(Cc1ccc(O)cc1)C(=O)NC(CC(=O)O)C(=O)O. The van der Waals surface area contributed by atoms with Crippen LogP contribution < -0.4 is 21.7 Å². The number of hydrogen-bond donors (Lipinski definition) is 9. The van der Waals surface area contributed by atoms with Crippen molar-refractivity contribution in [3.8, 4) is 11.5 Å². The van der Waals surface area contributed by atoms with Crippen LogP contribution in [0.25, 0.3) is 10.9 Å². The number of H-pyrrole nitrogens is 1. The van der Waals surface area contributed by atoms with Gasteiger partial charge in [0.15, 0.2) is 0 Å². The highest BCUT2D eigenvalue weighted by atomic mass is 16.4. The molecule has 0 aliphatic rings. The Hall–Kier alpha value is -5.89. The van der Waals surface area contributed by atoms with Crippen molar-refractivity contribution >= 4 is 40.6 Å². The predicted molar refractivity (Wildman–Crippen MR) is 169 cm³/mol. The molecular weight excluding hydrogens is 610 g/mol. The molecule has 3 amide bonds. The number of aromatic nitrogens is 1. The molecular formula is C33H35N5O9. The zero-order valence-electron chi connectivity index (χ0n) is 25.1. The molecule has 47 heavy (non-hydrogen) atoms. The number of carbonyl (C=O) groups is 5. The zero-order valence-corrected chi connectivity index (χ0v) is 25.1. The van der Waals surface area contributed by atoms with Gasteiger partial charge in [0.2, 0.25) is 17.7 Å². The molecule has 246 valence electrons. The third-order valence-electron chi connectivity index (χ3n) is 7.46. The van der Waals surface area contributed by atoms with Crippen LogP contribution in [-0.4, -0.2) is 79.2 Å². The molecule has 0 saturated carbocycles. The standard InChI is InChI=1S/C33H35N5O9/c34-24(15-20-17-35-25-4-2-1-3-23(20)25)30(43)36-26(13-18-5-9-21(39)10-6-18)31(44)37-27(14-19-7-11-22(40)12-8-19)32(45)38-28(33(46)47)16-29(41)42/h1-12,17,24,26-28,35,39-40H,13-16,34H2,(H,36,43)(H,37,44)(H,38,45)(H,41,42)(H,46,47). The number of carboxylic acids is 2. The molecule has 4 unspecified atom stereocenters. The van der Waals surface area contributed by atoms with E-state index in [4.69, 9.17) is 10.8 Å². The molecule has 1 heterocycles. The number of rotatable bonds is 15. The van der Waals surface area contributed by atoms with E-state index in [1.807, 2.05) is 24.3 Å². The minimum atomic E-state index is -1.78. The van der Waals surface area contributed by atoms with Crippen LogP contribution in [0.3, 0.4) is 0 Å². The molecule has 14 nitrogen and oxygen atoms in total. The fourth-order valence-electron chi connectivity index (χ4n) is 4.98. The third kappa shape index (κ3) is 9.55. The maximum absolute atomic E-state index is 13.8. The maximum atomic E-state index is 13.8. The number of carbonyl (C=O) groups excluding carboxylic acids is 3. The summed E-state index contributed by atoms with van der Waals surface area (Å²) in [5.74, 6) is -5.55. The van der Waals surface area contributed by atoms with Crippen molar-refractivity contribution in [3.63, 3.8) is 0 Å². The lowest BCUT2D eigenvalue weighted by atomic mass is 10.0. The summed E-state index contributed by atoms with van der Waals surface area (Å²) < 4.78 is 0. The van der Waals surface area contributed by atoms with Crippen LogP contribution in [0.1, 0.15) is 23.1 Å². The number of nitrogens with one attached hydrogen (secondary N) is 4. The molecule has 4 rings (SSSR count). The molecule has 3 aromatic carbocycles. The molecule has 10 N–H and O–H groups in total. The molecule has 14 heteroatoms. The molecule has 0 radical (unpaired) electrons. The quantitative estimate of drug-likeness (QED) is 0.0886. The van der Waals surface area contributed by atoms with Crippen molar-refractivity contribution in [3.05, 3.63) is 95.7 Å². The van der Waals surface area contributed by atoms with Crippen molar-refractivity contribution in [2.45, 2.75) is 49.9 Å². The molecule has 0 aliphatic heterocycles. The summed E-state index contributed by atoms with van der Waals surface area (Å²) >= 11 is 0. The number of para-hydroxylation sites is 1. The Morgan fingerprint density at radius 3 is 1.66 bits per heavy atom. The maximum Gasteiger partial charge on any atom is 0.326 e. The van der Waals surface area contributed by atoms with Gasteiger partial charge in [0.25, 0.3) is 0 Å².